The molecule has 1 saturated carbocycles. The van der Waals surface area contributed by atoms with Gasteiger partial charge in [-0.2, -0.15) is 0 Å². The smallest absolute Gasteiger partial charge is 0.240 e. The first kappa shape index (κ1) is 16.4. The zero-order chi connectivity index (χ0) is 16.4. The molecule has 1 aliphatic heterocycles. The van der Waals surface area contributed by atoms with Crippen LogP contribution in [0.2, 0.25) is 0 Å². The van der Waals surface area contributed by atoms with Crippen LogP contribution in [0, 0.1) is 11.8 Å². The predicted molar refractivity (Wildman–Crippen MR) is 93.6 cm³/mol. The molecule has 0 aromatic heterocycles. The Morgan fingerprint density at radius 1 is 1.30 bits per heavy atom. The van der Waals surface area contributed by atoms with Gasteiger partial charge in [-0.3, -0.25) is 9.59 Å². The summed E-state index contributed by atoms with van der Waals surface area (Å²) in [6.07, 6.45) is 3.44. The third-order valence-electron chi connectivity index (χ3n) is 5.16. The van der Waals surface area contributed by atoms with Gasteiger partial charge in [0.05, 0.1) is 11.4 Å². The molecule has 1 aromatic carbocycles. The summed E-state index contributed by atoms with van der Waals surface area (Å²) >= 11 is 1.54. The summed E-state index contributed by atoms with van der Waals surface area (Å²) in [6.45, 7) is 4.59. The average Bonchev–Trinajstić information content (AvgIpc) is 2.54. The Morgan fingerprint density at radius 3 is 2.91 bits per heavy atom. The van der Waals surface area contributed by atoms with Crippen LogP contribution in [-0.2, 0) is 9.59 Å². The number of hydrogen-bond donors (Lipinski definition) is 1. The molecule has 1 fully saturated rings. The van der Waals surface area contributed by atoms with E-state index in [2.05, 4.69) is 19.2 Å². The molecule has 2 aliphatic rings. The number of hydrogen-bond acceptors (Lipinski definition) is 3. The highest BCUT2D eigenvalue weighted by Crippen LogP contribution is 2.35. The highest BCUT2D eigenvalue weighted by atomic mass is 32.2. The minimum atomic E-state index is -0.0500. The van der Waals surface area contributed by atoms with Gasteiger partial charge in [0.15, 0.2) is 0 Å². The second-order valence-corrected chi connectivity index (χ2v) is 7.69. The van der Waals surface area contributed by atoms with Gasteiger partial charge in [-0.05, 0) is 30.4 Å². The van der Waals surface area contributed by atoms with Gasteiger partial charge in [-0.1, -0.05) is 38.8 Å². The summed E-state index contributed by atoms with van der Waals surface area (Å²) in [6, 6.07) is 8.02. The second-order valence-electron chi connectivity index (χ2n) is 6.68. The molecule has 2 amide bonds. The molecular weight excluding hydrogens is 308 g/mol. The van der Waals surface area contributed by atoms with Gasteiger partial charge in [0.1, 0.15) is 6.54 Å². The van der Waals surface area contributed by atoms with Gasteiger partial charge in [0, 0.05) is 10.9 Å². The van der Waals surface area contributed by atoms with Crippen molar-refractivity contribution < 1.29 is 9.59 Å². The minimum Gasteiger partial charge on any atom is -0.352 e. The summed E-state index contributed by atoms with van der Waals surface area (Å²) in [7, 11) is 0. The van der Waals surface area contributed by atoms with E-state index in [-0.39, 0.29) is 24.4 Å². The molecule has 1 aromatic rings. The first-order chi connectivity index (χ1) is 11.1. The van der Waals surface area contributed by atoms with E-state index in [0.29, 0.717) is 17.6 Å². The van der Waals surface area contributed by atoms with E-state index in [0.717, 1.165) is 17.0 Å². The Morgan fingerprint density at radius 2 is 2.09 bits per heavy atom. The largest absolute Gasteiger partial charge is 0.352 e. The monoisotopic (exact) mass is 332 g/mol. The Kier molecular flexibility index (Phi) is 4.95. The van der Waals surface area contributed by atoms with E-state index in [1.165, 1.54) is 12.8 Å². The van der Waals surface area contributed by atoms with Crippen LogP contribution >= 0.6 is 11.8 Å². The van der Waals surface area contributed by atoms with Gasteiger partial charge >= 0.3 is 0 Å². The first-order valence-corrected chi connectivity index (χ1v) is 9.36. The molecule has 0 spiro atoms. The maximum absolute atomic E-state index is 12.5. The Balaban J connectivity index is 1.67. The van der Waals surface area contributed by atoms with Crippen molar-refractivity contribution in [2.45, 2.75) is 44.0 Å². The number of carbonyl (C=O) groups excluding carboxylic acids is 2. The molecule has 0 radical (unpaired) electrons. The molecule has 124 valence electrons. The van der Waals surface area contributed by atoms with E-state index >= 15 is 0 Å². The van der Waals surface area contributed by atoms with E-state index < -0.39 is 0 Å². The maximum Gasteiger partial charge on any atom is 0.240 e. The fraction of sp³-hybridized carbons (Fsp3) is 0.556. The van der Waals surface area contributed by atoms with Crippen molar-refractivity contribution in [2.24, 2.45) is 11.8 Å². The van der Waals surface area contributed by atoms with Crippen LogP contribution in [0.15, 0.2) is 29.2 Å². The molecular formula is C18H24N2O2S. The molecule has 5 heteroatoms. The molecule has 1 N–H and O–H groups in total. The lowest BCUT2D eigenvalue weighted by Crippen LogP contribution is -2.49. The summed E-state index contributed by atoms with van der Waals surface area (Å²) < 4.78 is 0. The highest BCUT2D eigenvalue weighted by Gasteiger charge is 2.30. The normalized spacial score (nSPS) is 27.5. The van der Waals surface area contributed by atoms with E-state index in [4.69, 9.17) is 0 Å². The fourth-order valence-electron chi connectivity index (χ4n) is 3.51. The standard InChI is InChI=1S/C18H24N2O2S/c1-12-6-5-7-14(13(12)2)19-17(21)10-20-15-8-3-4-9-16(15)23-11-18(20)22/h3-4,8-9,12-14H,5-7,10-11H2,1-2H3,(H,19,21)/t12-,13+,14+/m1/s1. The van der Waals surface area contributed by atoms with Crippen molar-refractivity contribution in [1.29, 1.82) is 0 Å². The maximum atomic E-state index is 12.5. The minimum absolute atomic E-state index is 0.00825. The van der Waals surface area contributed by atoms with Crippen LogP contribution in [0.1, 0.15) is 33.1 Å². The molecule has 1 heterocycles. The van der Waals surface area contributed by atoms with Gasteiger partial charge in [-0.15, -0.1) is 11.8 Å². The number of benzene rings is 1. The Labute approximate surface area is 142 Å². The third kappa shape index (κ3) is 3.55. The molecule has 1 aliphatic carbocycles. The predicted octanol–water partition coefficient (Wildman–Crippen LogP) is 3.07. The Bertz CT molecular complexity index is 604. The lowest BCUT2D eigenvalue weighted by Gasteiger charge is -2.35. The van der Waals surface area contributed by atoms with E-state index in [9.17, 15) is 9.59 Å². The third-order valence-corrected chi connectivity index (χ3v) is 6.21. The van der Waals surface area contributed by atoms with Crippen molar-refractivity contribution in [1.82, 2.24) is 5.32 Å². The van der Waals surface area contributed by atoms with Crippen molar-refractivity contribution in [3.8, 4) is 0 Å². The number of thioether (sulfide) groups is 1. The van der Waals surface area contributed by atoms with Crippen molar-refractivity contribution in [2.75, 3.05) is 17.2 Å². The van der Waals surface area contributed by atoms with Gasteiger partial charge in [0.2, 0.25) is 11.8 Å². The first-order valence-electron chi connectivity index (χ1n) is 8.38. The number of anilines is 1. The Hall–Kier alpha value is -1.49. The fourth-order valence-corrected chi connectivity index (χ4v) is 4.44. The molecule has 23 heavy (non-hydrogen) atoms. The van der Waals surface area contributed by atoms with Crippen LogP contribution in [0.3, 0.4) is 0 Å². The van der Waals surface area contributed by atoms with Gasteiger partial charge in [-0.25, -0.2) is 0 Å². The number of nitrogens with one attached hydrogen (secondary N) is 1. The van der Waals surface area contributed by atoms with Crippen molar-refractivity contribution >= 4 is 29.3 Å². The average molecular weight is 332 g/mol. The zero-order valence-electron chi connectivity index (χ0n) is 13.7. The lowest BCUT2D eigenvalue weighted by atomic mass is 9.78. The molecule has 0 saturated heterocycles. The number of carbonyl (C=O) groups is 2. The number of nitrogens with zero attached hydrogens (tertiary/aromatic N) is 1. The molecule has 3 rings (SSSR count). The van der Waals surface area contributed by atoms with Crippen LogP contribution in [-0.4, -0.2) is 30.2 Å². The van der Waals surface area contributed by atoms with Crippen molar-refractivity contribution in [3.63, 3.8) is 0 Å². The van der Waals surface area contributed by atoms with Gasteiger partial charge in [0.25, 0.3) is 0 Å². The van der Waals surface area contributed by atoms with Crippen LogP contribution in [0.5, 0.6) is 0 Å². The quantitative estimate of drug-likeness (QED) is 0.925. The number of para-hydroxylation sites is 1. The van der Waals surface area contributed by atoms with Crippen LogP contribution in [0.4, 0.5) is 5.69 Å². The van der Waals surface area contributed by atoms with E-state index in [1.54, 1.807) is 16.7 Å². The number of amides is 2. The molecule has 4 nitrogen and oxygen atoms in total. The summed E-state index contributed by atoms with van der Waals surface area (Å²) in [4.78, 5) is 27.4. The summed E-state index contributed by atoms with van der Waals surface area (Å²) in [5.74, 6) is 1.50. The topological polar surface area (TPSA) is 49.4 Å². The molecule has 3 atom stereocenters. The van der Waals surface area contributed by atoms with Gasteiger partial charge < -0.3 is 10.2 Å². The second kappa shape index (κ2) is 6.95. The van der Waals surface area contributed by atoms with E-state index in [1.807, 2.05) is 24.3 Å². The SMILES string of the molecule is C[C@H]1[C@H](C)CCC[C@@H]1NC(=O)CN1C(=O)CSc2ccccc21. The number of rotatable bonds is 3. The highest BCUT2D eigenvalue weighted by molar-refractivity contribution is 8.00. The van der Waals surface area contributed by atoms with Crippen molar-refractivity contribution in [3.05, 3.63) is 24.3 Å². The van der Waals surface area contributed by atoms with Crippen LogP contribution in [0.25, 0.3) is 0 Å². The molecule has 0 unspecified atom stereocenters. The molecule has 0 bridgehead atoms. The van der Waals surface area contributed by atoms with Crippen LogP contribution < -0.4 is 10.2 Å². The summed E-state index contributed by atoms with van der Waals surface area (Å²) in [5.41, 5.74) is 0.856. The summed E-state index contributed by atoms with van der Waals surface area (Å²) in [5, 5.41) is 3.16. The lowest BCUT2D eigenvalue weighted by molar-refractivity contribution is -0.124. The zero-order valence-corrected chi connectivity index (χ0v) is 14.6. The number of fused-ring (bicyclic) bond motifs is 1.